The van der Waals surface area contributed by atoms with Gasteiger partial charge in [0.1, 0.15) is 0 Å². The van der Waals surface area contributed by atoms with E-state index < -0.39 is 0 Å². The fourth-order valence-corrected chi connectivity index (χ4v) is 0. The molecule has 1 N–H and O–H groups in total. The van der Waals surface area contributed by atoms with Gasteiger partial charge in [-0.3, -0.25) is 0 Å². The standard InChI is InChI=1S/CHO2.Cs/c2-1-3;/h(H,2,3);/q-1;+1. The molecule has 0 amide bonds. The molecular weight excluding hydrogens is 177 g/mol. The van der Waals surface area contributed by atoms with Gasteiger partial charge in [0.2, 0.25) is 0 Å². The van der Waals surface area contributed by atoms with E-state index >= 15 is 0 Å². The zero-order chi connectivity index (χ0) is 2.71. The Morgan fingerprint density at radius 3 is 1.75 bits per heavy atom. The molecule has 18 valence electrons. The maximum absolute atomic E-state index is 8.24. The molecule has 0 fully saturated rings. The number of hydrogen-bond acceptors (Lipinski definition) is 1. The monoisotopic (exact) mass is 178 g/mol. The summed E-state index contributed by atoms with van der Waals surface area (Å²) in [5.74, 6) is 0. The molecule has 0 aliphatic heterocycles. The van der Waals surface area contributed by atoms with Gasteiger partial charge in [0.05, 0.1) is 0 Å². The molecule has 0 atom stereocenters. The second-order valence-corrected chi connectivity index (χ2v) is 0.0913. The molecule has 0 aromatic rings. The third-order valence-corrected chi connectivity index (χ3v) is 0. The van der Waals surface area contributed by atoms with Crippen LogP contribution >= 0.6 is 0 Å². The number of rotatable bonds is 0. The van der Waals surface area contributed by atoms with Crippen molar-refractivity contribution in [3.8, 4) is 0 Å². The van der Waals surface area contributed by atoms with Crippen molar-refractivity contribution in [3.63, 3.8) is 0 Å². The van der Waals surface area contributed by atoms with Crippen molar-refractivity contribution in [3.05, 3.63) is 0 Å². The Morgan fingerprint density at radius 2 is 1.75 bits per heavy atom. The Labute approximate surface area is 83.0 Å². The van der Waals surface area contributed by atoms with Gasteiger partial charge >= 0.3 is 68.9 Å². The molecule has 0 saturated heterocycles. The van der Waals surface area contributed by atoms with Gasteiger partial charge in [-0.1, -0.05) is 6.47 Å². The minimum absolute atomic E-state index is 0. The minimum atomic E-state index is 0. The van der Waals surface area contributed by atoms with Crippen LogP contribution in [0.3, 0.4) is 0 Å². The molecule has 0 saturated carbocycles. The molecule has 3 heteroatoms. The molecule has 0 aromatic carbocycles. The zero-order valence-electron chi connectivity index (χ0n) is 2.36. The van der Waals surface area contributed by atoms with Crippen molar-refractivity contribution in [2.45, 2.75) is 0 Å². The molecule has 0 radical (unpaired) electrons. The topological polar surface area (TPSA) is 37.3 Å². The fourth-order valence-electron chi connectivity index (χ4n) is 0. The van der Waals surface area contributed by atoms with E-state index in [4.69, 9.17) is 9.90 Å². The second kappa shape index (κ2) is 8.82. The van der Waals surface area contributed by atoms with E-state index in [9.17, 15) is 0 Å². The van der Waals surface area contributed by atoms with Crippen molar-refractivity contribution in [2.75, 3.05) is 0 Å². The maximum atomic E-state index is 8.24. The predicted octanol–water partition coefficient (Wildman–Crippen LogP) is -3.38. The summed E-state index contributed by atoms with van der Waals surface area (Å²) in [5, 5.41) is 6.76. The Balaban J connectivity index is 0. The van der Waals surface area contributed by atoms with E-state index in [1.807, 2.05) is 0 Å². The average molecular weight is 178 g/mol. The Bertz CT molecular complexity index is 13.5. The Hall–Kier alpha value is 1.52. The largest absolute Gasteiger partial charge is 1.00 e. The first-order valence-corrected chi connectivity index (χ1v) is 0.428. The molecule has 0 unspecified atom stereocenters. The quantitative estimate of drug-likeness (QED) is 0.393. The van der Waals surface area contributed by atoms with Gasteiger partial charge in [0.15, 0.2) is 0 Å². The van der Waals surface area contributed by atoms with Crippen LogP contribution in [0.5, 0.6) is 0 Å². The molecule has 0 rings (SSSR count). The number of aliphatic hydroxyl groups excluding tert-OH is 1. The summed E-state index contributed by atoms with van der Waals surface area (Å²) in [5.41, 5.74) is 0. The van der Waals surface area contributed by atoms with Gasteiger partial charge in [0.25, 0.3) is 0 Å². The fraction of sp³-hybridized carbons (Fsp3) is 0. The van der Waals surface area contributed by atoms with Crippen molar-refractivity contribution < 1.29 is 78.8 Å². The first-order valence-electron chi connectivity index (χ1n) is 0.428. The van der Waals surface area contributed by atoms with Gasteiger partial charge in [0, 0.05) is 0 Å². The van der Waals surface area contributed by atoms with Crippen LogP contribution in [0, 0.1) is 0 Å². The second-order valence-electron chi connectivity index (χ2n) is 0.0913. The van der Waals surface area contributed by atoms with E-state index in [1.165, 1.54) is 0 Å². The van der Waals surface area contributed by atoms with Crippen LogP contribution in [0.15, 0.2) is 0 Å². The van der Waals surface area contributed by atoms with Gasteiger partial charge < -0.3 is 9.90 Å². The molecule has 0 heterocycles. The number of hydrogen-bond donors (Lipinski definition) is 1. The average Bonchev–Trinajstić information content (AvgIpc) is 0.918. The summed E-state index contributed by atoms with van der Waals surface area (Å²) >= 11 is 0. The molecule has 0 aromatic heterocycles. The Kier molecular flexibility index (Phi) is 20.1. The summed E-state index contributed by atoms with van der Waals surface area (Å²) in [6.45, 7) is 0.500. The van der Waals surface area contributed by atoms with Crippen LogP contribution in [0.2, 0.25) is 0 Å². The molecule has 0 bridgehead atoms. The van der Waals surface area contributed by atoms with Crippen molar-refractivity contribution >= 4 is 6.47 Å². The van der Waals surface area contributed by atoms with E-state index in [-0.39, 0.29) is 68.9 Å². The summed E-state index contributed by atoms with van der Waals surface area (Å²) in [4.78, 5) is 8.24. The van der Waals surface area contributed by atoms with Crippen molar-refractivity contribution in [1.29, 1.82) is 0 Å². The molecule has 2 nitrogen and oxygen atoms in total. The van der Waals surface area contributed by atoms with Gasteiger partial charge in [-0.2, -0.15) is 0 Å². The normalized spacial score (nSPS) is 3.00. The van der Waals surface area contributed by atoms with Crippen LogP contribution in [0.25, 0.3) is 0 Å². The van der Waals surface area contributed by atoms with Crippen molar-refractivity contribution in [2.24, 2.45) is 0 Å². The third kappa shape index (κ3) is 9.67. The SMILES string of the molecule is O=[C-]O.[Cs+]. The summed E-state index contributed by atoms with van der Waals surface area (Å²) < 4.78 is 0. The van der Waals surface area contributed by atoms with Crippen molar-refractivity contribution in [1.82, 2.24) is 0 Å². The third-order valence-electron chi connectivity index (χ3n) is 0. The van der Waals surface area contributed by atoms with E-state index in [0.29, 0.717) is 6.47 Å². The predicted molar refractivity (Wildman–Crippen MR) is 8.32 cm³/mol. The molecule has 0 spiro atoms. The van der Waals surface area contributed by atoms with Gasteiger partial charge in [-0.15, -0.1) is 0 Å². The van der Waals surface area contributed by atoms with Crippen LogP contribution in [0.1, 0.15) is 0 Å². The van der Waals surface area contributed by atoms with Gasteiger partial charge in [-0.05, 0) is 0 Å². The van der Waals surface area contributed by atoms with Gasteiger partial charge in [-0.25, -0.2) is 0 Å². The first kappa shape index (κ1) is 9.10. The summed E-state index contributed by atoms with van der Waals surface area (Å²) in [6, 6.07) is 0. The van der Waals surface area contributed by atoms with Crippen LogP contribution in [0.4, 0.5) is 0 Å². The molecule has 4 heavy (non-hydrogen) atoms. The Morgan fingerprint density at radius 1 is 1.75 bits per heavy atom. The molecule has 0 aliphatic rings. The van der Waals surface area contributed by atoms with E-state index in [0.717, 1.165) is 0 Å². The smallest absolute Gasteiger partial charge is 0.665 e. The van der Waals surface area contributed by atoms with E-state index in [1.54, 1.807) is 0 Å². The van der Waals surface area contributed by atoms with E-state index in [2.05, 4.69) is 0 Å². The summed E-state index contributed by atoms with van der Waals surface area (Å²) in [6.07, 6.45) is 0. The van der Waals surface area contributed by atoms with Crippen LogP contribution < -0.4 is 68.9 Å². The maximum Gasteiger partial charge on any atom is 1.00 e. The first-order chi connectivity index (χ1) is 1.41. The molecular formula is CHCsO2. The zero-order valence-corrected chi connectivity index (χ0v) is 8.64. The minimum Gasteiger partial charge on any atom is -0.665 e. The summed E-state index contributed by atoms with van der Waals surface area (Å²) in [7, 11) is 0. The van der Waals surface area contributed by atoms with Crippen LogP contribution in [-0.4, -0.2) is 11.6 Å². The molecule has 0 aliphatic carbocycles. The van der Waals surface area contributed by atoms with Crippen LogP contribution in [-0.2, 0) is 4.79 Å².